The number of methoxy groups -OCH3 is 1. The van der Waals surface area contributed by atoms with Gasteiger partial charge in [0, 0.05) is 26.2 Å². The van der Waals surface area contributed by atoms with E-state index in [0.29, 0.717) is 25.9 Å². The fourth-order valence-electron chi connectivity index (χ4n) is 4.16. The van der Waals surface area contributed by atoms with Crippen LogP contribution in [-0.2, 0) is 16.0 Å². The number of benzene rings is 1. The molecule has 1 unspecified atom stereocenters. The quantitative estimate of drug-likeness (QED) is 0.286. The van der Waals surface area contributed by atoms with Crippen molar-refractivity contribution in [3.63, 3.8) is 0 Å². The summed E-state index contributed by atoms with van der Waals surface area (Å²) < 4.78 is 5.37. The molecule has 9 heteroatoms. The molecule has 32 heavy (non-hydrogen) atoms. The molecule has 0 spiro atoms. The number of guanidine groups is 1. The second-order valence-electron chi connectivity index (χ2n) is 8.07. The minimum Gasteiger partial charge on any atom is -0.496 e. The van der Waals surface area contributed by atoms with Crippen LogP contribution in [0.4, 0.5) is 0 Å². The van der Waals surface area contributed by atoms with Crippen LogP contribution in [0.15, 0.2) is 29.3 Å². The molecule has 2 aliphatic heterocycles. The van der Waals surface area contributed by atoms with Crippen LogP contribution in [0.5, 0.6) is 5.75 Å². The predicted octanol–water partition coefficient (Wildman–Crippen LogP) is 1.26. The van der Waals surface area contributed by atoms with Crippen LogP contribution in [0.2, 0.25) is 0 Å². The van der Waals surface area contributed by atoms with E-state index in [0.717, 1.165) is 50.1 Å². The number of hydrogen-bond donors (Lipinski definition) is 2. The lowest BCUT2D eigenvalue weighted by Crippen LogP contribution is -2.52. The zero-order valence-electron chi connectivity index (χ0n) is 18.7. The number of nitrogens with one attached hydrogen (secondary N) is 2. The summed E-state index contributed by atoms with van der Waals surface area (Å²) >= 11 is 0. The average Bonchev–Trinajstić information content (AvgIpc) is 3.29. The van der Waals surface area contributed by atoms with E-state index in [-0.39, 0.29) is 24.3 Å². The summed E-state index contributed by atoms with van der Waals surface area (Å²) in [4.78, 5) is 33.6. The van der Waals surface area contributed by atoms with Gasteiger partial charge < -0.3 is 19.9 Å². The number of rotatable bonds is 7. The number of nitrogens with zero attached hydrogens (tertiary/aromatic N) is 4. The van der Waals surface area contributed by atoms with Gasteiger partial charge in [0.05, 0.1) is 13.7 Å². The third-order valence-electron chi connectivity index (χ3n) is 5.89. The van der Waals surface area contributed by atoms with E-state index in [1.165, 1.54) is 0 Å². The maximum atomic E-state index is 13.1. The highest BCUT2D eigenvalue weighted by Crippen LogP contribution is 2.18. The van der Waals surface area contributed by atoms with Gasteiger partial charge in [-0.05, 0) is 50.2 Å². The molecule has 0 radical (unpaired) electrons. The standard InChI is InChI=1S/C23H32N6O3/c1-32-20-10-3-2-8-18(20)11-12-25-23(26-17-24)27-19-9-4-5-15-29(22(19)31)16-21(30)28-13-6-7-14-28/h2-3,8,10,19H,4-7,9,11-16H2,1H3,(H2,25,26,27). The molecule has 0 saturated carbocycles. The van der Waals surface area contributed by atoms with Gasteiger partial charge in [-0.2, -0.15) is 5.26 Å². The summed E-state index contributed by atoms with van der Waals surface area (Å²) in [5.74, 6) is 0.959. The van der Waals surface area contributed by atoms with Crippen molar-refractivity contribution in [2.75, 3.05) is 39.8 Å². The topological polar surface area (TPSA) is 110 Å². The molecule has 0 aliphatic carbocycles. The number of carbonyl (C=O) groups is 2. The van der Waals surface area contributed by atoms with Crippen molar-refractivity contribution < 1.29 is 14.3 Å². The van der Waals surface area contributed by atoms with Crippen molar-refractivity contribution >= 4 is 17.8 Å². The van der Waals surface area contributed by atoms with Gasteiger partial charge in [0.25, 0.3) is 0 Å². The molecule has 0 aromatic heterocycles. The molecule has 2 aliphatic rings. The highest BCUT2D eigenvalue weighted by atomic mass is 16.5. The van der Waals surface area contributed by atoms with Crippen molar-refractivity contribution in [3.05, 3.63) is 29.8 Å². The number of nitriles is 1. The third-order valence-corrected chi connectivity index (χ3v) is 5.89. The van der Waals surface area contributed by atoms with E-state index in [9.17, 15) is 9.59 Å². The minimum absolute atomic E-state index is 0.0114. The molecule has 2 N–H and O–H groups in total. The Morgan fingerprint density at radius 2 is 1.97 bits per heavy atom. The normalized spacial score (nSPS) is 19.3. The molecular weight excluding hydrogens is 408 g/mol. The highest BCUT2D eigenvalue weighted by Gasteiger charge is 2.30. The van der Waals surface area contributed by atoms with Gasteiger partial charge in [0.1, 0.15) is 11.8 Å². The Kier molecular flexibility index (Phi) is 8.72. The molecule has 1 aromatic rings. The number of hydrogen-bond acceptors (Lipinski definition) is 5. The van der Waals surface area contributed by atoms with E-state index in [4.69, 9.17) is 10.00 Å². The Balaban J connectivity index is 1.61. The van der Waals surface area contributed by atoms with Crippen LogP contribution in [0, 0.1) is 11.5 Å². The Morgan fingerprint density at radius 1 is 1.22 bits per heavy atom. The molecule has 3 rings (SSSR count). The van der Waals surface area contributed by atoms with Crippen LogP contribution < -0.4 is 15.4 Å². The van der Waals surface area contributed by atoms with Gasteiger partial charge in [0.2, 0.25) is 17.8 Å². The number of para-hydroxylation sites is 1. The fraction of sp³-hybridized carbons (Fsp3) is 0.565. The molecule has 2 heterocycles. The smallest absolute Gasteiger partial charge is 0.245 e. The van der Waals surface area contributed by atoms with E-state index < -0.39 is 6.04 Å². The summed E-state index contributed by atoms with van der Waals surface area (Å²) in [7, 11) is 1.63. The lowest BCUT2D eigenvalue weighted by atomic mass is 10.1. The van der Waals surface area contributed by atoms with E-state index in [1.54, 1.807) is 12.0 Å². The number of ether oxygens (including phenoxy) is 1. The van der Waals surface area contributed by atoms with E-state index in [2.05, 4.69) is 15.6 Å². The zero-order chi connectivity index (χ0) is 22.8. The van der Waals surface area contributed by atoms with E-state index >= 15 is 0 Å². The maximum absolute atomic E-state index is 13.1. The Labute approximate surface area is 189 Å². The van der Waals surface area contributed by atoms with Gasteiger partial charge in [-0.15, -0.1) is 0 Å². The number of likely N-dealkylation sites (tertiary alicyclic amines) is 2. The van der Waals surface area contributed by atoms with Crippen molar-refractivity contribution in [1.82, 2.24) is 20.4 Å². The van der Waals surface area contributed by atoms with Crippen LogP contribution in [0.25, 0.3) is 0 Å². The highest BCUT2D eigenvalue weighted by molar-refractivity contribution is 5.92. The second-order valence-corrected chi connectivity index (χ2v) is 8.07. The van der Waals surface area contributed by atoms with Crippen LogP contribution >= 0.6 is 0 Å². The molecule has 9 nitrogen and oxygen atoms in total. The molecule has 1 aromatic carbocycles. The number of aliphatic imine (C=N–C) groups is 1. The molecule has 2 amide bonds. The van der Waals surface area contributed by atoms with Crippen LogP contribution in [-0.4, -0.2) is 73.4 Å². The first kappa shape index (κ1) is 23.4. The summed E-state index contributed by atoms with van der Waals surface area (Å²) in [6, 6.07) is 7.20. The van der Waals surface area contributed by atoms with Crippen molar-refractivity contribution in [2.45, 2.75) is 44.6 Å². The largest absolute Gasteiger partial charge is 0.496 e. The Hall–Kier alpha value is -3.28. The maximum Gasteiger partial charge on any atom is 0.245 e. The van der Waals surface area contributed by atoms with Gasteiger partial charge in [-0.25, -0.2) is 0 Å². The molecular formula is C23H32N6O3. The SMILES string of the molecule is COc1ccccc1CCN=C(NC#N)NC1CCCCN(CC(=O)N2CCCC2)C1=O. The molecule has 172 valence electrons. The summed E-state index contributed by atoms with van der Waals surface area (Å²) in [5.41, 5.74) is 1.02. The van der Waals surface area contributed by atoms with Gasteiger partial charge in [-0.3, -0.25) is 19.9 Å². The lowest BCUT2D eigenvalue weighted by Gasteiger charge is -2.27. The first-order valence-electron chi connectivity index (χ1n) is 11.3. The summed E-state index contributed by atoms with van der Waals surface area (Å²) in [5, 5.41) is 14.8. The Morgan fingerprint density at radius 3 is 2.72 bits per heavy atom. The fourth-order valence-corrected chi connectivity index (χ4v) is 4.16. The minimum atomic E-state index is -0.519. The molecule has 1 atom stereocenters. The Bertz CT molecular complexity index is 860. The van der Waals surface area contributed by atoms with Gasteiger partial charge in [-0.1, -0.05) is 18.2 Å². The first-order valence-corrected chi connectivity index (χ1v) is 11.3. The summed E-state index contributed by atoms with van der Waals surface area (Å²) in [6.45, 7) is 2.66. The number of carbonyl (C=O) groups excluding carboxylic acids is 2. The van der Waals surface area contributed by atoms with Crippen LogP contribution in [0.3, 0.4) is 0 Å². The second kappa shape index (κ2) is 11.9. The lowest BCUT2D eigenvalue weighted by molar-refractivity contribution is -0.140. The zero-order valence-corrected chi connectivity index (χ0v) is 18.7. The monoisotopic (exact) mass is 440 g/mol. The van der Waals surface area contributed by atoms with Gasteiger partial charge in [0.15, 0.2) is 6.19 Å². The third kappa shape index (κ3) is 6.36. The average molecular weight is 441 g/mol. The molecule has 0 bridgehead atoms. The van der Waals surface area contributed by atoms with Gasteiger partial charge >= 0.3 is 0 Å². The van der Waals surface area contributed by atoms with Crippen molar-refractivity contribution in [2.24, 2.45) is 4.99 Å². The van der Waals surface area contributed by atoms with Crippen molar-refractivity contribution in [1.29, 1.82) is 5.26 Å². The molecule has 2 saturated heterocycles. The predicted molar refractivity (Wildman–Crippen MR) is 121 cm³/mol. The first-order chi connectivity index (χ1) is 15.6. The van der Waals surface area contributed by atoms with E-state index in [1.807, 2.05) is 35.4 Å². The summed E-state index contributed by atoms with van der Waals surface area (Å²) in [6.07, 6.45) is 6.92. The van der Waals surface area contributed by atoms with Crippen molar-refractivity contribution in [3.8, 4) is 11.9 Å². The van der Waals surface area contributed by atoms with Crippen LogP contribution in [0.1, 0.15) is 37.7 Å². The number of amides is 2. The molecule has 2 fully saturated rings.